The van der Waals surface area contributed by atoms with Crippen molar-refractivity contribution in [2.75, 3.05) is 6.61 Å². The summed E-state index contributed by atoms with van der Waals surface area (Å²) in [5.41, 5.74) is 5.26. The zero-order valence-corrected chi connectivity index (χ0v) is 13.5. The minimum absolute atomic E-state index is 0.308. The van der Waals surface area contributed by atoms with E-state index >= 15 is 0 Å². The van der Waals surface area contributed by atoms with Gasteiger partial charge < -0.3 is 4.74 Å². The maximum absolute atomic E-state index is 11.9. The van der Waals surface area contributed by atoms with Crippen molar-refractivity contribution in [1.82, 2.24) is 10.9 Å². The van der Waals surface area contributed by atoms with Crippen molar-refractivity contribution in [3.05, 3.63) is 64.1 Å². The Kier molecular flexibility index (Phi) is 5.72. The van der Waals surface area contributed by atoms with Gasteiger partial charge in [0.2, 0.25) is 0 Å². The Bertz CT molecular complexity index is 771. The van der Waals surface area contributed by atoms with Gasteiger partial charge in [-0.15, -0.1) is 0 Å². The monoisotopic (exact) mass is 373 g/mol. The van der Waals surface area contributed by atoms with E-state index in [1.54, 1.807) is 48.5 Å². The lowest BCUT2D eigenvalue weighted by atomic mass is 10.2. The molecule has 0 fully saturated rings. The third-order valence-electron chi connectivity index (χ3n) is 2.80. The molecular formula is C16H12BrN3O3. The molecule has 0 bridgehead atoms. The molecule has 0 atom stereocenters. The molecule has 2 aromatic rings. The van der Waals surface area contributed by atoms with E-state index in [-0.39, 0.29) is 6.61 Å². The van der Waals surface area contributed by atoms with Crippen LogP contribution in [0.3, 0.4) is 0 Å². The van der Waals surface area contributed by atoms with Gasteiger partial charge in [0.15, 0.2) is 6.61 Å². The fourth-order valence-electron chi connectivity index (χ4n) is 1.70. The molecule has 0 aliphatic heterocycles. The number of nitrogens with zero attached hydrogens (tertiary/aromatic N) is 1. The van der Waals surface area contributed by atoms with E-state index in [1.165, 1.54) is 0 Å². The summed E-state index contributed by atoms with van der Waals surface area (Å²) >= 11 is 3.25. The number of para-hydroxylation sites is 1. The summed E-state index contributed by atoms with van der Waals surface area (Å²) < 4.78 is 5.87. The molecule has 0 heterocycles. The highest BCUT2D eigenvalue weighted by molar-refractivity contribution is 9.10. The lowest BCUT2D eigenvalue weighted by molar-refractivity contribution is -0.123. The average molecular weight is 374 g/mol. The molecular weight excluding hydrogens is 362 g/mol. The first-order valence-corrected chi connectivity index (χ1v) is 7.36. The molecule has 2 amide bonds. The second-order valence-corrected chi connectivity index (χ2v) is 5.23. The number of nitriles is 1. The summed E-state index contributed by atoms with van der Waals surface area (Å²) in [7, 11) is 0. The summed E-state index contributed by atoms with van der Waals surface area (Å²) in [6, 6.07) is 15.4. The number of carbonyl (C=O) groups is 2. The van der Waals surface area contributed by atoms with Crippen LogP contribution in [0.5, 0.6) is 5.75 Å². The number of carbonyl (C=O) groups excluding carboxylic acids is 2. The highest BCUT2D eigenvalue weighted by Crippen LogP contribution is 2.16. The predicted molar refractivity (Wildman–Crippen MR) is 86.4 cm³/mol. The third kappa shape index (κ3) is 4.56. The first-order chi connectivity index (χ1) is 11.1. The normalized spacial score (nSPS) is 9.57. The van der Waals surface area contributed by atoms with Crippen LogP contribution in [-0.2, 0) is 4.79 Å². The molecule has 2 N–H and O–H groups in total. The van der Waals surface area contributed by atoms with E-state index in [1.807, 2.05) is 6.07 Å². The van der Waals surface area contributed by atoms with Crippen molar-refractivity contribution < 1.29 is 14.3 Å². The maximum atomic E-state index is 11.9. The Morgan fingerprint density at radius 3 is 2.52 bits per heavy atom. The highest BCUT2D eigenvalue weighted by atomic mass is 79.9. The van der Waals surface area contributed by atoms with E-state index in [4.69, 9.17) is 10.00 Å². The molecule has 7 heteroatoms. The van der Waals surface area contributed by atoms with Gasteiger partial charge in [-0.25, -0.2) is 0 Å². The van der Waals surface area contributed by atoms with Crippen LogP contribution in [0.15, 0.2) is 53.0 Å². The van der Waals surface area contributed by atoms with Gasteiger partial charge >= 0.3 is 0 Å². The molecule has 0 saturated carbocycles. The maximum Gasteiger partial charge on any atom is 0.276 e. The SMILES string of the molecule is N#Cc1ccccc1OCC(=O)NNC(=O)c1ccccc1Br. The number of hydrazine groups is 1. The largest absolute Gasteiger partial charge is 0.482 e. The summed E-state index contributed by atoms with van der Waals surface area (Å²) in [5.74, 6) is -0.691. The molecule has 0 aromatic heterocycles. The Morgan fingerprint density at radius 2 is 1.78 bits per heavy atom. The molecule has 0 unspecified atom stereocenters. The van der Waals surface area contributed by atoms with Crippen molar-refractivity contribution in [1.29, 1.82) is 5.26 Å². The van der Waals surface area contributed by atoms with Gasteiger partial charge in [-0.05, 0) is 40.2 Å². The van der Waals surface area contributed by atoms with E-state index in [9.17, 15) is 9.59 Å². The molecule has 0 radical (unpaired) electrons. The van der Waals surface area contributed by atoms with E-state index in [0.29, 0.717) is 21.3 Å². The number of benzene rings is 2. The Morgan fingerprint density at radius 1 is 1.09 bits per heavy atom. The molecule has 0 aliphatic carbocycles. The zero-order chi connectivity index (χ0) is 16.7. The number of nitrogens with one attached hydrogen (secondary N) is 2. The number of halogens is 1. The van der Waals surface area contributed by atoms with Crippen molar-refractivity contribution in [2.24, 2.45) is 0 Å². The number of amides is 2. The van der Waals surface area contributed by atoms with E-state index in [0.717, 1.165) is 0 Å². The highest BCUT2D eigenvalue weighted by Gasteiger charge is 2.11. The smallest absolute Gasteiger partial charge is 0.276 e. The first-order valence-electron chi connectivity index (χ1n) is 6.57. The van der Waals surface area contributed by atoms with Crippen molar-refractivity contribution in [2.45, 2.75) is 0 Å². The molecule has 0 aliphatic rings. The summed E-state index contributed by atoms with van der Waals surface area (Å²) in [6.07, 6.45) is 0. The molecule has 2 rings (SSSR count). The number of rotatable bonds is 4. The number of ether oxygens (including phenoxy) is 1. The molecule has 0 saturated heterocycles. The topological polar surface area (TPSA) is 91.2 Å². The van der Waals surface area contributed by atoms with Crippen LogP contribution in [0, 0.1) is 11.3 Å². The van der Waals surface area contributed by atoms with Crippen molar-refractivity contribution >= 4 is 27.7 Å². The van der Waals surface area contributed by atoms with Crippen LogP contribution >= 0.6 is 15.9 Å². The van der Waals surface area contributed by atoms with Crippen molar-refractivity contribution in [3.8, 4) is 11.8 Å². The second kappa shape index (κ2) is 7.96. The van der Waals surface area contributed by atoms with Crippen molar-refractivity contribution in [3.63, 3.8) is 0 Å². The molecule has 23 heavy (non-hydrogen) atoms. The predicted octanol–water partition coefficient (Wildman–Crippen LogP) is 2.16. The minimum atomic E-state index is -0.543. The minimum Gasteiger partial charge on any atom is -0.482 e. The van der Waals surface area contributed by atoms with Crippen LogP contribution in [0.2, 0.25) is 0 Å². The van der Waals surface area contributed by atoms with Gasteiger partial charge in [0.25, 0.3) is 11.8 Å². The van der Waals surface area contributed by atoms with Crippen LogP contribution in [0.25, 0.3) is 0 Å². The van der Waals surface area contributed by atoms with E-state index in [2.05, 4.69) is 26.8 Å². The Balaban J connectivity index is 1.85. The second-order valence-electron chi connectivity index (χ2n) is 4.38. The summed E-state index contributed by atoms with van der Waals surface area (Å²) in [5, 5.41) is 8.92. The number of hydrogen-bond donors (Lipinski definition) is 2. The first kappa shape index (κ1) is 16.5. The van der Waals surface area contributed by atoms with Gasteiger partial charge in [0, 0.05) is 4.47 Å². The third-order valence-corrected chi connectivity index (χ3v) is 3.49. The van der Waals surface area contributed by atoms with Gasteiger partial charge in [0.1, 0.15) is 11.8 Å². The zero-order valence-electron chi connectivity index (χ0n) is 11.9. The number of hydrogen-bond acceptors (Lipinski definition) is 4. The lowest BCUT2D eigenvalue weighted by Gasteiger charge is -2.10. The van der Waals surface area contributed by atoms with Crippen LogP contribution in [0.4, 0.5) is 0 Å². The van der Waals surface area contributed by atoms with Gasteiger partial charge in [-0.3, -0.25) is 20.4 Å². The molecule has 116 valence electrons. The quantitative estimate of drug-likeness (QED) is 0.803. The molecule has 2 aromatic carbocycles. The fourth-order valence-corrected chi connectivity index (χ4v) is 2.17. The molecule has 6 nitrogen and oxygen atoms in total. The fraction of sp³-hybridized carbons (Fsp3) is 0.0625. The van der Waals surface area contributed by atoms with Gasteiger partial charge in [-0.1, -0.05) is 24.3 Å². The summed E-state index contributed by atoms with van der Waals surface area (Å²) in [6.45, 7) is -0.324. The average Bonchev–Trinajstić information content (AvgIpc) is 2.58. The van der Waals surface area contributed by atoms with Gasteiger partial charge in [0.05, 0.1) is 11.1 Å². The van der Waals surface area contributed by atoms with Crippen LogP contribution in [0.1, 0.15) is 15.9 Å². The summed E-state index contributed by atoms with van der Waals surface area (Å²) in [4.78, 5) is 23.6. The Labute approximate surface area is 141 Å². The van der Waals surface area contributed by atoms with Gasteiger partial charge in [-0.2, -0.15) is 5.26 Å². The van der Waals surface area contributed by atoms with Crippen LogP contribution < -0.4 is 15.6 Å². The van der Waals surface area contributed by atoms with Crippen LogP contribution in [-0.4, -0.2) is 18.4 Å². The van der Waals surface area contributed by atoms with E-state index < -0.39 is 11.8 Å². The molecule has 0 spiro atoms. The lowest BCUT2D eigenvalue weighted by Crippen LogP contribution is -2.43. The Hall–Kier alpha value is -2.85. The standard InChI is InChI=1S/C16H12BrN3O3/c17-13-7-3-2-6-12(13)16(22)20-19-15(21)10-23-14-8-4-1-5-11(14)9-18/h1-8H,10H2,(H,19,21)(H,20,22).